The largest absolute Gasteiger partial charge is 0.497 e. The third-order valence-corrected chi connectivity index (χ3v) is 5.90. The van der Waals surface area contributed by atoms with Gasteiger partial charge in [-0.15, -0.1) is 0 Å². The lowest BCUT2D eigenvalue weighted by Gasteiger charge is -2.47. The lowest BCUT2D eigenvalue weighted by Crippen LogP contribution is -2.58. The summed E-state index contributed by atoms with van der Waals surface area (Å²) in [6.45, 7) is 3.47. The maximum Gasteiger partial charge on any atom is 0.253 e. The van der Waals surface area contributed by atoms with Crippen molar-refractivity contribution in [3.8, 4) is 11.5 Å². The molecule has 2 fully saturated rings. The second kappa shape index (κ2) is 8.43. The van der Waals surface area contributed by atoms with Crippen LogP contribution in [-0.4, -0.2) is 56.9 Å². The van der Waals surface area contributed by atoms with Gasteiger partial charge in [0, 0.05) is 31.4 Å². The molecule has 2 saturated heterocycles. The molecule has 4 rings (SSSR count). The van der Waals surface area contributed by atoms with Gasteiger partial charge in [-0.05, 0) is 42.7 Å². The molecule has 2 aliphatic rings. The Labute approximate surface area is 172 Å². The van der Waals surface area contributed by atoms with Crippen LogP contribution in [0.15, 0.2) is 48.5 Å². The number of carbonyl (C=O) groups is 1. The van der Waals surface area contributed by atoms with Crippen LogP contribution in [0.2, 0.25) is 0 Å². The number of rotatable bonds is 5. The van der Waals surface area contributed by atoms with Gasteiger partial charge in [-0.3, -0.25) is 9.69 Å². The van der Waals surface area contributed by atoms with Gasteiger partial charge in [-0.1, -0.05) is 18.2 Å². The van der Waals surface area contributed by atoms with Gasteiger partial charge in [-0.2, -0.15) is 0 Å². The Balaban J connectivity index is 1.41. The molecule has 0 N–H and O–H groups in total. The van der Waals surface area contributed by atoms with Crippen LogP contribution in [0.1, 0.15) is 18.4 Å². The topological polar surface area (TPSA) is 51.2 Å². The molecule has 0 saturated carbocycles. The van der Waals surface area contributed by atoms with Gasteiger partial charge in [0.15, 0.2) is 0 Å². The lowest BCUT2D eigenvalue weighted by molar-refractivity contribution is -0.144. The first kappa shape index (κ1) is 19.7. The number of methoxy groups -OCH3 is 2. The van der Waals surface area contributed by atoms with Gasteiger partial charge in [0.05, 0.1) is 26.4 Å². The van der Waals surface area contributed by atoms with E-state index in [4.69, 9.17) is 14.2 Å². The number of ether oxygens (including phenoxy) is 3. The number of benzene rings is 2. The number of morpholine rings is 1. The lowest BCUT2D eigenvalue weighted by atomic mass is 9.88. The molecule has 154 valence electrons. The van der Waals surface area contributed by atoms with Gasteiger partial charge in [0.2, 0.25) is 0 Å². The Hall–Kier alpha value is -2.57. The van der Waals surface area contributed by atoms with Crippen LogP contribution >= 0.6 is 0 Å². The van der Waals surface area contributed by atoms with Gasteiger partial charge >= 0.3 is 0 Å². The molecular formula is C23H28N2O4. The van der Waals surface area contributed by atoms with E-state index in [1.807, 2.05) is 41.3 Å². The second-order valence-corrected chi connectivity index (χ2v) is 7.78. The highest BCUT2D eigenvalue weighted by atomic mass is 16.5. The molecule has 0 atom stereocenters. The summed E-state index contributed by atoms with van der Waals surface area (Å²) in [5, 5.41) is 0. The third-order valence-electron chi connectivity index (χ3n) is 5.90. The zero-order valence-electron chi connectivity index (χ0n) is 17.1. The van der Waals surface area contributed by atoms with Crippen LogP contribution < -0.4 is 14.4 Å². The summed E-state index contributed by atoms with van der Waals surface area (Å²) in [7, 11) is 3.34. The summed E-state index contributed by atoms with van der Waals surface area (Å²) in [6.07, 6.45) is 1.81. The van der Waals surface area contributed by atoms with Crippen molar-refractivity contribution in [1.82, 2.24) is 4.90 Å². The fraction of sp³-hybridized carbons (Fsp3) is 0.435. The van der Waals surface area contributed by atoms with E-state index in [1.165, 1.54) is 5.56 Å². The summed E-state index contributed by atoms with van der Waals surface area (Å²) < 4.78 is 16.9. The number of carbonyl (C=O) groups excluding carboxylic acids is 1. The maximum atomic E-state index is 12.4. The van der Waals surface area contributed by atoms with Crippen LogP contribution in [0, 0.1) is 0 Å². The zero-order valence-corrected chi connectivity index (χ0v) is 17.1. The van der Waals surface area contributed by atoms with Crippen LogP contribution in [0.3, 0.4) is 0 Å². The van der Waals surface area contributed by atoms with E-state index in [9.17, 15) is 4.79 Å². The number of nitrogens with zero attached hydrogens (tertiary/aromatic N) is 2. The SMILES string of the molecule is COc1cc(CN2CCC3(CC2)CN(c2ccccc2)C(=O)CO3)cc(OC)c1. The van der Waals surface area contributed by atoms with Crippen molar-refractivity contribution >= 4 is 11.6 Å². The molecule has 1 amide bonds. The molecule has 0 bridgehead atoms. The van der Waals surface area contributed by atoms with E-state index in [1.54, 1.807) is 14.2 Å². The predicted molar refractivity (Wildman–Crippen MR) is 112 cm³/mol. The monoisotopic (exact) mass is 396 g/mol. The van der Waals surface area contributed by atoms with E-state index in [0.29, 0.717) is 6.54 Å². The number of para-hydroxylation sites is 1. The molecule has 2 aromatic carbocycles. The Kier molecular flexibility index (Phi) is 5.74. The molecule has 6 nitrogen and oxygen atoms in total. The normalized spacial score (nSPS) is 19.4. The minimum absolute atomic E-state index is 0.0349. The van der Waals surface area contributed by atoms with Gasteiger partial charge in [0.25, 0.3) is 5.91 Å². The zero-order chi connectivity index (χ0) is 20.3. The summed E-state index contributed by atoms with van der Waals surface area (Å²) in [6, 6.07) is 15.9. The minimum atomic E-state index is -0.258. The van der Waals surface area contributed by atoms with Crippen LogP contribution in [0.5, 0.6) is 11.5 Å². The van der Waals surface area contributed by atoms with Crippen molar-refractivity contribution in [3.05, 3.63) is 54.1 Å². The highest BCUT2D eigenvalue weighted by Crippen LogP contribution is 2.33. The second-order valence-electron chi connectivity index (χ2n) is 7.78. The Morgan fingerprint density at radius 3 is 2.28 bits per heavy atom. The number of likely N-dealkylation sites (tertiary alicyclic amines) is 1. The van der Waals surface area contributed by atoms with Gasteiger partial charge in [-0.25, -0.2) is 0 Å². The molecular weight excluding hydrogens is 368 g/mol. The first-order valence-electron chi connectivity index (χ1n) is 10.0. The van der Waals surface area contributed by atoms with Gasteiger partial charge < -0.3 is 19.1 Å². The van der Waals surface area contributed by atoms with Crippen molar-refractivity contribution in [2.45, 2.75) is 25.0 Å². The predicted octanol–water partition coefficient (Wildman–Crippen LogP) is 3.10. The first-order chi connectivity index (χ1) is 14.1. The number of piperidine rings is 1. The van der Waals surface area contributed by atoms with E-state index < -0.39 is 0 Å². The summed E-state index contributed by atoms with van der Waals surface area (Å²) in [5.41, 5.74) is 1.86. The Morgan fingerprint density at radius 2 is 1.66 bits per heavy atom. The molecule has 0 aliphatic carbocycles. The molecule has 6 heteroatoms. The highest BCUT2D eigenvalue weighted by Gasteiger charge is 2.42. The average molecular weight is 396 g/mol. The molecule has 29 heavy (non-hydrogen) atoms. The van der Waals surface area contributed by atoms with E-state index in [-0.39, 0.29) is 18.1 Å². The van der Waals surface area contributed by atoms with Gasteiger partial charge in [0.1, 0.15) is 18.1 Å². The molecule has 0 aromatic heterocycles. The standard InChI is InChI=1S/C23H28N2O4/c1-27-20-12-18(13-21(14-20)28-2)15-24-10-8-23(9-11-24)17-25(22(26)16-29-23)19-6-4-3-5-7-19/h3-7,12-14H,8-11,15-17H2,1-2H3. The van der Waals surface area contributed by atoms with E-state index in [2.05, 4.69) is 17.0 Å². The van der Waals surface area contributed by atoms with Crippen LogP contribution in [-0.2, 0) is 16.1 Å². The Morgan fingerprint density at radius 1 is 1.00 bits per heavy atom. The number of hydrogen-bond acceptors (Lipinski definition) is 5. The number of hydrogen-bond donors (Lipinski definition) is 0. The molecule has 2 aromatic rings. The molecule has 1 spiro atoms. The minimum Gasteiger partial charge on any atom is -0.497 e. The van der Waals surface area contributed by atoms with Crippen LogP contribution in [0.25, 0.3) is 0 Å². The summed E-state index contributed by atoms with van der Waals surface area (Å²) in [4.78, 5) is 16.7. The number of amides is 1. The van der Waals surface area contributed by atoms with Crippen LogP contribution in [0.4, 0.5) is 5.69 Å². The molecule has 0 radical (unpaired) electrons. The summed E-state index contributed by atoms with van der Waals surface area (Å²) >= 11 is 0. The molecule has 2 aliphatic heterocycles. The maximum absolute atomic E-state index is 12.4. The molecule has 2 heterocycles. The van der Waals surface area contributed by atoms with Crippen molar-refractivity contribution in [2.24, 2.45) is 0 Å². The summed E-state index contributed by atoms with van der Waals surface area (Å²) in [5.74, 6) is 1.65. The van der Waals surface area contributed by atoms with E-state index >= 15 is 0 Å². The van der Waals surface area contributed by atoms with Crippen molar-refractivity contribution in [2.75, 3.05) is 45.4 Å². The highest BCUT2D eigenvalue weighted by molar-refractivity contribution is 5.95. The fourth-order valence-corrected chi connectivity index (χ4v) is 4.19. The number of anilines is 1. The van der Waals surface area contributed by atoms with E-state index in [0.717, 1.165) is 49.7 Å². The third kappa shape index (κ3) is 4.38. The quantitative estimate of drug-likeness (QED) is 0.777. The van der Waals surface area contributed by atoms with Crippen molar-refractivity contribution in [1.29, 1.82) is 0 Å². The smallest absolute Gasteiger partial charge is 0.253 e. The Bertz CT molecular complexity index is 825. The first-order valence-corrected chi connectivity index (χ1v) is 10.0. The fourth-order valence-electron chi connectivity index (χ4n) is 4.19. The van der Waals surface area contributed by atoms with Crippen molar-refractivity contribution in [3.63, 3.8) is 0 Å². The molecule has 0 unspecified atom stereocenters. The average Bonchev–Trinajstić information content (AvgIpc) is 2.77. The van der Waals surface area contributed by atoms with Crippen molar-refractivity contribution < 1.29 is 19.0 Å².